The average Bonchev–Trinajstić information content (AvgIpc) is 2.90. The fourth-order valence-corrected chi connectivity index (χ4v) is 1.95. The van der Waals surface area contributed by atoms with E-state index in [0.29, 0.717) is 4.88 Å². The molecule has 0 atom stereocenters. The zero-order valence-corrected chi connectivity index (χ0v) is 10.2. The van der Waals surface area contributed by atoms with Crippen molar-refractivity contribution >= 4 is 23.0 Å². The van der Waals surface area contributed by atoms with Crippen LogP contribution in [0.25, 0.3) is 0 Å². The Bertz CT molecular complexity index is 518. The number of hydrogen-bond acceptors (Lipinski definition) is 3. The maximum absolute atomic E-state index is 11.6. The van der Waals surface area contributed by atoms with Crippen molar-refractivity contribution in [2.24, 2.45) is 5.10 Å². The second-order valence-electron chi connectivity index (χ2n) is 3.48. The Balaban J connectivity index is 2.04. The molecule has 1 aromatic heterocycles. The first kappa shape index (κ1) is 11.5. The summed E-state index contributed by atoms with van der Waals surface area (Å²) in [4.78, 5) is 12.3. The van der Waals surface area contributed by atoms with Crippen molar-refractivity contribution < 1.29 is 4.79 Å². The van der Waals surface area contributed by atoms with Crippen LogP contribution in [-0.2, 0) is 0 Å². The SMILES string of the molecule is C/C(=N\NC(=O)c1cccs1)c1ccccc1. The molecule has 0 unspecified atom stereocenters. The van der Waals surface area contributed by atoms with E-state index in [1.165, 1.54) is 11.3 Å². The zero-order valence-electron chi connectivity index (χ0n) is 9.38. The molecular weight excluding hydrogens is 232 g/mol. The van der Waals surface area contributed by atoms with Crippen molar-refractivity contribution in [2.45, 2.75) is 6.92 Å². The molecule has 1 N–H and O–H groups in total. The summed E-state index contributed by atoms with van der Waals surface area (Å²) in [6.07, 6.45) is 0. The summed E-state index contributed by atoms with van der Waals surface area (Å²) in [5, 5.41) is 5.94. The van der Waals surface area contributed by atoms with Crippen LogP contribution in [0.2, 0.25) is 0 Å². The number of amides is 1. The Morgan fingerprint density at radius 2 is 1.94 bits per heavy atom. The average molecular weight is 244 g/mol. The quantitative estimate of drug-likeness (QED) is 0.654. The van der Waals surface area contributed by atoms with Gasteiger partial charge in [-0.1, -0.05) is 36.4 Å². The minimum Gasteiger partial charge on any atom is -0.266 e. The molecule has 0 fully saturated rings. The molecule has 86 valence electrons. The summed E-state index contributed by atoms with van der Waals surface area (Å²) in [7, 11) is 0. The lowest BCUT2D eigenvalue weighted by atomic mass is 10.1. The van der Waals surface area contributed by atoms with Gasteiger partial charge in [0.2, 0.25) is 0 Å². The van der Waals surface area contributed by atoms with E-state index < -0.39 is 0 Å². The lowest BCUT2D eigenvalue weighted by Crippen LogP contribution is -2.18. The van der Waals surface area contributed by atoms with Gasteiger partial charge < -0.3 is 0 Å². The summed E-state index contributed by atoms with van der Waals surface area (Å²) in [5.41, 5.74) is 4.33. The van der Waals surface area contributed by atoms with Gasteiger partial charge in [-0.25, -0.2) is 5.43 Å². The van der Waals surface area contributed by atoms with Crippen molar-refractivity contribution in [3.8, 4) is 0 Å². The third-order valence-electron chi connectivity index (χ3n) is 2.26. The molecule has 17 heavy (non-hydrogen) atoms. The van der Waals surface area contributed by atoms with E-state index in [4.69, 9.17) is 0 Å². The highest BCUT2D eigenvalue weighted by Crippen LogP contribution is 2.07. The fourth-order valence-electron chi connectivity index (χ4n) is 1.34. The number of hydrazone groups is 1. The van der Waals surface area contributed by atoms with Crippen LogP contribution in [0.15, 0.2) is 52.9 Å². The van der Waals surface area contributed by atoms with Crippen LogP contribution in [0, 0.1) is 0 Å². The summed E-state index contributed by atoms with van der Waals surface area (Å²) in [5.74, 6) is -0.171. The number of nitrogens with zero attached hydrogens (tertiary/aromatic N) is 1. The first-order valence-corrected chi connectivity index (χ1v) is 6.09. The second-order valence-corrected chi connectivity index (χ2v) is 4.43. The lowest BCUT2D eigenvalue weighted by molar-refractivity contribution is 0.0959. The summed E-state index contributed by atoms with van der Waals surface area (Å²) < 4.78 is 0. The van der Waals surface area contributed by atoms with Crippen LogP contribution in [0.1, 0.15) is 22.2 Å². The third kappa shape index (κ3) is 3.01. The van der Waals surface area contributed by atoms with Crippen molar-refractivity contribution in [3.63, 3.8) is 0 Å². The molecule has 2 aromatic rings. The molecule has 0 radical (unpaired) electrons. The van der Waals surface area contributed by atoms with Gasteiger partial charge in [-0.15, -0.1) is 11.3 Å². The van der Waals surface area contributed by atoms with Gasteiger partial charge in [-0.05, 0) is 23.9 Å². The van der Waals surface area contributed by atoms with E-state index in [0.717, 1.165) is 11.3 Å². The monoisotopic (exact) mass is 244 g/mol. The van der Waals surface area contributed by atoms with Gasteiger partial charge in [0.05, 0.1) is 10.6 Å². The summed E-state index contributed by atoms with van der Waals surface area (Å²) in [6.45, 7) is 1.87. The zero-order chi connectivity index (χ0) is 12.1. The van der Waals surface area contributed by atoms with Gasteiger partial charge in [0, 0.05) is 0 Å². The minimum absolute atomic E-state index is 0.171. The highest BCUT2D eigenvalue weighted by atomic mass is 32.1. The molecular formula is C13H12N2OS. The van der Waals surface area contributed by atoms with Crippen LogP contribution >= 0.6 is 11.3 Å². The maximum atomic E-state index is 11.6. The first-order chi connectivity index (χ1) is 8.27. The highest BCUT2D eigenvalue weighted by molar-refractivity contribution is 7.12. The molecule has 4 heteroatoms. The Morgan fingerprint density at radius 3 is 2.59 bits per heavy atom. The lowest BCUT2D eigenvalue weighted by Gasteiger charge is -2.01. The molecule has 0 saturated carbocycles. The van der Waals surface area contributed by atoms with Crippen molar-refractivity contribution in [2.75, 3.05) is 0 Å². The minimum atomic E-state index is -0.171. The van der Waals surface area contributed by atoms with E-state index >= 15 is 0 Å². The standard InChI is InChI=1S/C13H12N2OS/c1-10(11-6-3-2-4-7-11)14-15-13(16)12-8-5-9-17-12/h2-9H,1H3,(H,15,16)/b14-10+. The summed E-state index contributed by atoms with van der Waals surface area (Å²) in [6, 6.07) is 13.3. The Kier molecular flexibility index (Phi) is 3.67. The molecule has 1 heterocycles. The van der Waals surface area contributed by atoms with E-state index in [-0.39, 0.29) is 5.91 Å². The number of carbonyl (C=O) groups excluding carboxylic acids is 1. The van der Waals surface area contributed by atoms with Gasteiger partial charge in [-0.2, -0.15) is 5.10 Å². The molecule has 1 amide bonds. The van der Waals surface area contributed by atoms with Crippen molar-refractivity contribution in [1.29, 1.82) is 0 Å². The van der Waals surface area contributed by atoms with Gasteiger partial charge in [0.1, 0.15) is 0 Å². The molecule has 0 aliphatic rings. The third-order valence-corrected chi connectivity index (χ3v) is 3.13. The highest BCUT2D eigenvalue weighted by Gasteiger charge is 2.04. The predicted molar refractivity (Wildman–Crippen MR) is 70.4 cm³/mol. The van der Waals surface area contributed by atoms with Crippen LogP contribution < -0.4 is 5.43 Å². The fraction of sp³-hybridized carbons (Fsp3) is 0.0769. The van der Waals surface area contributed by atoms with Crippen molar-refractivity contribution in [1.82, 2.24) is 5.43 Å². The normalized spacial score (nSPS) is 11.2. The van der Waals surface area contributed by atoms with Gasteiger partial charge in [-0.3, -0.25) is 4.79 Å². The van der Waals surface area contributed by atoms with Crippen LogP contribution in [0.4, 0.5) is 0 Å². The number of nitrogens with one attached hydrogen (secondary N) is 1. The van der Waals surface area contributed by atoms with E-state index in [9.17, 15) is 4.79 Å². The molecule has 0 aliphatic heterocycles. The number of thiophene rings is 1. The van der Waals surface area contributed by atoms with E-state index in [1.54, 1.807) is 6.07 Å². The van der Waals surface area contributed by atoms with E-state index in [2.05, 4.69) is 10.5 Å². The van der Waals surface area contributed by atoms with Crippen molar-refractivity contribution in [3.05, 3.63) is 58.3 Å². The van der Waals surface area contributed by atoms with E-state index in [1.807, 2.05) is 48.7 Å². The second kappa shape index (κ2) is 5.41. The number of rotatable bonds is 3. The largest absolute Gasteiger partial charge is 0.281 e. The van der Waals surface area contributed by atoms with Crippen LogP contribution in [0.5, 0.6) is 0 Å². The Labute approximate surface area is 104 Å². The van der Waals surface area contributed by atoms with Crippen LogP contribution in [-0.4, -0.2) is 11.6 Å². The van der Waals surface area contributed by atoms with Gasteiger partial charge in [0.15, 0.2) is 0 Å². The van der Waals surface area contributed by atoms with Gasteiger partial charge >= 0.3 is 0 Å². The molecule has 2 rings (SSSR count). The molecule has 0 spiro atoms. The smallest absolute Gasteiger partial charge is 0.266 e. The van der Waals surface area contributed by atoms with Gasteiger partial charge in [0.25, 0.3) is 5.91 Å². The predicted octanol–water partition coefficient (Wildman–Crippen LogP) is 2.90. The molecule has 3 nitrogen and oxygen atoms in total. The number of benzene rings is 1. The Hall–Kier alpha value is -1.94. The topological polar surface area (TPSA) is 41.5 Å². The first-order valence-electron chi connectivity index (χ1n) is 5.21. The molecule has 1 aromatic carbocycles. The molecule has 0 saturated heterocycles. The summed E-state index contributed by atoms with van der Waals surface area (Å²) >= 11 is 1.40. The molecule has 0 aliphatic carbocycles. The maximum Gasteiger partial charge on any atom is 0.281 e. The number of carbonyl (C=O) groups is 1. The Morgan fingerprint density at radius 1 is 1.18 bits per heavy atom. The number of hydrogen-bond donors (Lipinski definition) is 1. The molecule has 0 bridgehead atoms. The van der Waals surface area contributed by atoms with Crippen LogP contribution in [0.3, 0.4) is 0 Å².